The van der Waals surface area contributed by atoms with Crippen LogP contribution in [0.15, 0.2) is 71.9 Å². The molecule has 2 aliphatic rings. The van der Waals surface area contributed by atoms with Crippen LogP contribution in [0.3, 0.4) is 0 Å². The summed E-state index contributed by atoms with van der Waals surface area (Å²) < 4.78 is 55.1. The SMILES string of the molecule is COc1ccc(C(=O)Nc2ccc(F)c([C@@]3(C)N/C(=N\C(=O)OC(C)(C)C)N(C)S(=O)(=O)[C@@]34CCN(Cc3ccccc3)C4)c2)nc1. The zero-order valence-electron chi connectivity index (χ0n) is 27.2. The fourth-order valence-corrected chi connectivity index (χ4v) is 8.31. The van der Waals surface area contributed by atoms with Crippen molar-refractivity contribution in [1.82, 2.24) is 19.5 Å². The van der Waals surface area contributed by atoms with Crippen LogP contribution in [0.2, 0.25) is 0 Å². The highest BCUT2D eigenvalue weighted by atomic mass is 32.2. The monoisotopic (exact) mass is 666 g/mol. The highest BCUT2D eigenvalue weighted by Gasteiger charge is 2.66. The molecule has 3 aromatic rings. The average Bonchev–Trinajstić information content (AvgIpc) is 3.46. The van der Waals surface area contributed by atoms with E-state index in [-0.39, 0.29) is 35.9 Å². The third-order valence-corrected chi connectivity index (χ3v) is 11.2. The number of aliphatic imine (C=N–C) groups is 1. The summed E-state index contributed by atoms with van der Waals surface area (Å²) in [6, 6.07) is 16.7. The van der Waals surface area contributed by atoms with Gasteiger partial charge in [0.2, 0.25) is 16.0 Å². The number of nitrogens with one attached hydrogen (secondary N) is 2. The summed E-state index contributed by atoms with van der Waals surface area (Å²) in [7, 11) is -1.52. The van der Waals surface area contributed by atoms with Gasteiger partial charge in [-0.2, -0.15) is 0 Å². The zero-order chi connectivity index (χ0) is 34.2. The highest BCUT2D eigenvalue weighted by molar-refractivity contribution is 7.91. The van der Waals surface area contributed by atoms with Gasteiger partial charge in [-0.1, -0.05) is 30.3 Å². The maximum Gasteiger partial charge on any atom is 0.437 e. The van der Waals surface area contributed by atoms with Crippen LogP contribution in [0.4, 0.5) is 14.9 Å². The lowest BCUT2D eigenvalue weighted by Crippen LogP contribution is -2.74. The van der Waals surface area contributed by atoms with Gasteiger partial charge >= 0.3 is 6.09 Å². The molecule has 3 heterocycles. The standard InChI is InChI=1S/C33H39FN6O6S/c1-31(2,3)46-30(42)37-29-38-32(4,25-18-23(12-14-26(25)34)36-28(41)27-15-13-24(45-6)19-35-27)33(47(43,44)39(29)5)16-17-40(21-33)20-22-10-8-7-9-11-22/h7-15,18-19H,16-17,20-21H2,1-6H3,(H,36,41)(H,37,38,42)/t32-,33-/m1/s1. The zero-order valence-corrected chi connectivity index (χ0v) is 28.0. The fourth-order valence-electron chi connectivity index (χ4n) is 6.10. The number of ether oxygens (including phenoxy) is 2. The van der Waals surface area contributed by atoms with E-state index in [2.05, 4.69) is 20.6 Å². The third-order valence-electron chi connectivity index (χ3n) is 8.54. The molecule has 0 radical (unpaired) electrons. The van der Waals surface area contributed by atoms with E-state index in [0.29, 0.717) is 18.8 Å². The molecule has 47 heavy (non-hydrogen) atoms. The number of amides is 2. The molecule has 2 atom stereocenters. The number of carbonyl (C=O) groups is 2. The van der Waals surface area contributed by atoms with Crippen LogP contribution in [0.5, 0.6) is 5.75 Å². The van der Waals surface area contributed by atoms with Crippen molar-refractivity contribution in [3.63, 3.8) is 0 Å². The second-order valence-electron chi connectivity index (χ2n) is 12.8. The number of benzene rings is 2. The molecule has 2 N–H and O–H groups in total. The lowest BCUT2D eigenvalue weighted by Gasteiger charge is -2.53. The van der Waals surface area contributed by atoms with Gasteiger partial charge in [0.25, 0.3) is 5.91 Å². The number of carbonyl (C=O) groups excluding carboxylic acids is 2. The second kappa shape index (κ2) is 12.6. The molecule has 0 bridgehead atoms. The smallest absolute Gasteiger partial charge is 0.437 e. The summed E-state index contributed by atoms with van der Waals surface area (Å²) in [4.78, 5) is 36.0. The summed E-state index contributed by atoms with van der Waals surface area (Å²) in [5.41, 5.74) is -1.29. The van der Waals surface area contributed by atoms with Crippen molar-refractivity contribution >= 4 is 33.7 Å². The average molecular weight is 667 g/mol. The quantitative estimate of drug-likeness (QED) is 0.389. The van der Waals surface area contributed by atoms with Crippen molar-refractivity contribution in [3.05, 3.63) is 89.5 Å². The molecule has 250 valence electrons. The van der Waals surface area contributed by atoms with Crippen molar-refractivity contribution in [2.24, 2.45) is 4.99 Å². The topological polar surface area (TPSA) is 143 Å². The molecule has 2 aliphatic heterocycles. The van der Waals surface area contributed by atoms with E-state index in [1.165, 1.54) is 44.6 Å². The number of nitrogens with zero attached hydrogens (tertiary/aromatic N) is 4. The van der Waals surface area contributed by atoms with E-state index >= 15 is 4.39 Å². The number of rotatable bonds is 6. The minimum absolute atomic E-state index is 0.0342. The number of pyridine rings is 1. The summed E-state index contributed by atoms with van der Waals surface area (Å²) in [6.45, 7) is 7.50. The fraction of sp³-hybridized carbons (Fsp3) is 0.394. The number of guanidine groups is 1. The molecule has 5 rings (SSSR count). The van der Waals surface area contributed by atoms with E-state index in [0.717, 1.165) is 9.87 Å². The molecule has 0 unspecified atom stereocenters. The first kappa shape index (κ1) is 33.8. The number of hydrogen-bond donors (Lipinski definition) is 2. The molecule has 14 heteroatoms. The van der Waals surface area contributed by atoms with E-state index in [9.17, 15) is 18.0 Å². The number of halogens is 1. The Balaban J connectivity index is 1.59. The minimum atomic E-state index is -4.31. The Labute approximate surface area is 274 Å². The summed E-state index contributed by atoms with van der Waals surface area (Å²) in [5, 5.41) is 5.87. The Morgan fingerprint density at radius 1 is 1.13 bits per heavy atom. The van der Waals surface area contributed by atoms with Gasteiger partial charge in [-0.3, -0.25) is 9.69 Å². The first-order chi connectivity index (χ1) is 22.1. The molecule has 12 nitrogen and oxygen atoms in total. The van der Waals surface area contributed by atoms with Gasteiger partial charge in [-0.25, -0.2) is 26.9 Å². The van der Waals surface area contributed by atoms with Gasteiger partial charge in [0.15, 0.2) is 0 Å². The molecule has 2 saturated heterocycles. The predicted molar refractivity (Wildman–Crippen MR) is 175 cm³/mol. The lowest BCUT2D eigenvalue weighted by atomic mass is 9.77. The molecular weight excluding hydrogens is 627 g/mol. The highest BCUT2D eigenvalue weighted by Crippen LogP contribution is 2.50. The van der Waals surface area contributed by atoms with Crippen LogP contribution in [0.25, 0.3) is 0 Å². The maximum absolute atomic E-state index is 16.1. The number of methoxy groups -OCH3 is 1. The van der Waals surface area contributed by atoms with E-state index < -0.39 is 43.7 Å². The summed E-state index contributed by atoms with van der Waals surface area (Å²) in [6.07, 6.45) is 0.531. The molecule has 0 saturated carbocycles. The number of hydrogen-bond acceptors (Lipinski definition) is 8. The lowest BCUT2D eigenvalue weighted by molar-refractivity contribution is 0.0601. The Kier molecular flexibility index (Phi) is 9.03. The maximum atomic E-state index is 16.1. The molecule has 2 aromatic carbocycles. The van der Waals surface area contributed by atoms with E-state index in [4.69, 9.17) is 9.47 Å². The number of anilines is 1. The molecule has 2 fully saturated rings. The van der Waals surface area contributed by atoms with Gasteiger partial charge in [0, 0.05) is 37.9 Å². The Hall–Kier alpha value is -4.56. The van der Waals surface area contributed by atoms with Gasteiger partial charge < -0.3 is 20.1 Å². The Bertz CT molecular complexity index is 1800. The van der Waals surface area contributed by atoms with Crippen molar-refractivity contribution in [3.8, 4) is 5.75 Å². The van der Waals surface area contributed by atoms with Crippen molar-refractivity contribution in [2.75, 3.05) is 32.6 Å². The van der Waals surface area contributed by atoms with Crippen molar-refractivity contribution < 1.29 is 31.9 Å². The van der Waals surface area contributed by atoms with Gasteiger partial charge in [-0.05, 0) is 70.0 Å². The molecule has 1 spiro atoms. The largest absolute Gasteiger partial charge is 0.495 e. The van der Waals surface area contributed by atoms with Crippen molar-refractivity contribution in [1.29, 1.82) is 0 Å². The predicted octanol–water partition coefficient (Wildman–Crippen LogP) is 4.50. The van der Waals surface area contributed by atoms with Gasteiger partial charge in [0.05, 0.1) is 18.8 Å². The first-order valence-corrected chi connectivity index (χ1v) is 16.5. The van der Waals surface area contributed by atoms with Crippen molar-refractivity contribution in [2.45, 2.75) is 56.5 Å². The van der Waals surface area contributed by atoms with Gasteiger partial charge in [0.1, 0.15) is 27.6 Å². The van der Waals surface area contributed by atoms with Crippen LogP contribution >= 0.6 is 0 Å². The molecule has 0 aliphatic carbocycles. The van der Waals surface area contributed by atoms with Crippen LogP contribution in [0.1, 0.15) is 55.7 Å². The van der Waals surface area contributed by atoms with Crippen LogP contribution in [-0.2, 0) is 26.8 Å². The number of aromatic nitrogens is 1. The van der Waals surface area contributed by atoms with Crippen LogP contribution < -0.4 is 15.4 Å². The molecule has 1 aromatic heterocycles. The summed E-state index contributed by atoms with van der Waals surface area (Å²) >= 11 is 0. The molecule has 2 amide bonds. The minimum Gasteiger partial charge on any atom is -0.495 e. The Morgan fingerprint density at radius 3 is 2.49 bits per heavy atom. The Morgan fingerprint density at radius 2 is 1.85 bits per heavy atom. The van der Waals surface area contributed by atoms with Crippen LogP contribution in [-0.4, -0.2) is 78.2 Å². The normalized spacial score (nSPS) is 23.4. The third kappa shape index (κ3) is 6.52. The molecular formula is C33H39FN6O6S. The summed E-state index contributed by atoms with van der Waals surface area (Å²) in [5.74, 6) is -1.11. The van der Waals surface area contributed by atoms with Gasteiger partial charge in [-0.15, -0.1) is 4.99 Å². The first-order valence-electron chi connectivity index (χ1n) is 15.0. The second-order valence-corrected chi connectivity index (χ2v) is 15.1. The van der Waals surface area contributed by atoms with E-state index in [1.807, 2.05) is 35.2 Å². The van der Waals surface area contributed by atoms with Crippen LogP contribution in [0, 0.1) is 5.82 Å². The van der Waals surface area contributed by atoms with E-state index in [1.54, 1.807) is 33.8 Å². The number of likely N-dealkylation sites (tertiary alicyclic amines) is 1. The number of sulfonamides is 1.